The summed E-state index contributed by atoms with van der Waals surface area (Å²) >= 11 is 11.7. The van der Waals surface area contributed by atoms with E-state index in [-0.39, 0.29) is 11.8 Å². The van der Waals surface area contributed by atoms with Crippen LogP contribution in [0.15, 0.2) is 18.2 Å². The van der Waals surface area contributed by atoms with Crippen LogP contribution in [0.4, 0.5) is 0 Å². The predicted octanol–water partition coefficient (Wildman–Crippen LogP) is 3.33. The topological polar surface area (TPSA) is 58.2 Å². The highest BCUT2D eigenvalue weighted by Crippen LogP contribution is 2.23. The fourth-order valence-electron chi connectivity index (χ4n) is 2.34. The zero-order valence-corrected chi connectivity index (χ0v) is 12.4. The van der Waals surface area contributed by atoms with E-state index >= 15 is 0 Å². The molecule has 4 nitrogen and oxygen atoms in total. The molecule has 20 heavy (non-hydrogen) atoms. The number of rotatable bonds is 2. The number of hydrazine groups is 1. The van der Waals surface area contributed by atoms with Gasteiger partial charge in [-0.2, -0.15) is 0 Å². The Bertz CT molecular complexity index is 494. The van der Waals surface area contributed by atoms with Crippen LogP contribution in [0.3, 0.4) is 0 Å². The molecule has 0 heterocycles. The molecule has 0 saturated heterocycles. The van der Waals surface area contributed by atoms with Crippen LogP contribution in [-0.2, 0) is 4.79 Å². The van der Waals surface area contributed by atoms with Gasteiger partial charge < -0.3 is 0 Å². The van der Waals surface area contributed by atoms with Gasteiger partial charge in [-0.15, -0.1) is 0 Å². The Balaban J connectivity index is 1.89. The molecule has 2 N–H and O–H groups in total. The molecule has 0 atom stereocenters. The molecule has 0 aromatic heterocycles. The van der Waals surface area contributed by atoms with E-state index in [1.54, 1.807) is 6.07 Å². The zero-order chi connectivity index (χ0) is 14.5. The second kappa shape index (κ2) is 6.95. The number of halogens is 2. The lowest BCUT2D eigenvalue weighted by Gasteiger charge is -2.20. The zero-order valence-electron chi connectivity index (χ0n) is 10.9. The minimum Gasteiger partial charge on any atom is -0.273 e. The van der Waals surface area contributed by atoms with Crippen LogP contribution in [-0.4, -0.2) is 11.8 Å². The molecule has 1 aliphatic carbocycles. The second-order valence-corrected chi connectivity index (χ2v) is 5.81. The van der Waals surface area contributed by atoms with Gasteiger partial charge in [0, 0.05) is 21.5 Å². The van der Waals surface area contributed by atoms with E-state index < -0.39 is 5.91 Å². The summed E-state index contributed by atoms with van der Waals surface area (Å²) in [6.07, 6.45) is 5.07. The van der Waals surface area contributed by atoms with Crippen molar-refractivity contribution in [3.63, 3.8) is 0 Å². The first-order valence-corrected chi connectivity index (χ1v) is 7.38. The highest BCUT2D eigenvalue weighted by atomic mass is 35.5. The third kappa shape index (κ3) is 4.12. The Hall–Kier alpha value is -1.26. The van der Waals surface area contributed by atoms with Gasteiger partial charge in [0.05, 0.1) is 0 Å². The van der Waals surface area contributed by atoms with Crippen molar-refractivity contribution in [1.29, 1.82) is 0 Å². The van der Waals surface area contributed by atoms with Crippen molar-refractivity contribution in [3.8, 4) is 0 Å². The van der Waals surface area contributed by atoms with Crippen LogP contribution in [0.2, 0.25) is 10.0 Å². The van der Waals surface area contributed by atoms with Crippen LogP contribution in [0.5, 0.6) is 0 Å². The number of carbonyl (C=O) groups is 2. The molecule has 108 valence electrons. The van der Waals surface area contributed by atoms with Gasteiger partial charge in [0.15, 0.2) is 0 Å². The second-order valence-electron chi connectivity index (χ2n) is 4.94. The summed E-state index contributed by atoms with van der Waals surface area (Å²) in [6, 6.07) is 4.53. The van der Waals surface area contributed by atoms with Crippen LogP contribution in [0.1, 0.15) is 42.5 Å². The fraction of sp³-hybridized carbons (Fsp3) is 0.429. The molecule has 1 fully saturated rings. The quantitative estimate of drug-likeness (QED) is 0.823. The van der Waals surface area contributed by atoms with Crippen LogP contribution in [0, 0.1) is 5.92 Å². The third-order valence-corrected chi connectivity index (χ3v) is 3.84. The molecule has 1 aromatic carbocycles. The Kier molecular flexibility index (Phi) is 5.26. The summed E-state index contributed by atoms with van der Waals surface area (Å²) < 4.78 is 0. The monoisotopic (exact) mass is 314 g/mol. The van der Waals surface area contributed by atoms with Crippen LogP contribution >= 0.6 is 23.2 Å². The summed E-state index contributed by atoms with van der Waals surface area (Å²) in [5.41, 5.74) is 5.17. The van der Waals surface area contributed by atoms with E-state index in [1.165, 1.54) is 18.6 Å². The van der Waals surface area contributed by atoms with Gasteiger partial charge in [0.2, 0.25) is 5.91 Å². The minimum atomic E-state index is -0.432. The summed E-state index contributed by atoms with van der Waals surface area (Å²) in [4.78, 5) is 23.8. The standard InChI is InChI=1S/C14H16Cl2N2O2/c15-11-6-10(7-12(16)8-11)14(20)18-17-13(19)9-4-2-1-3-5-9/h6-9H,1-5H2,(H,17,19)(H,18,20). The Labute approximate surface area is 127 Å². The minimum absolute atomic E-state index is 0.00741. The molecule has 1 aromatic rings. The number of amides is 2. The van der Waals surface area contributed by atoms with Gasteiger partial charge in [0.25, 0.3) is 5.91 Å². The van der Waals surface area contributed by atoms with Gasteiger partial charge in [-0.3, -0.25) is 20.4 Å². The lowest BCUT2D eigenvalue weighted by Crippen LogP contribution is -2.44. The predicted molar refractivity (Wildman–Crippen MR) is 78.6 cm³/mol. The van der Waals surface area contributed by atoms with Crippen molar-refractivity contribution in [3.05, 3.63) is 33.8 Å². The lowest BCUT2D eigenvalue weighted by molar-refractivity contribution is -0.126. The number of nitrogens with one attached hydrogen (secondary N) is 2. The molecule has 2 amide bonds. The van der Waals surface area contributed by atoms with Crippen molar-refractivity contribution in [2.75, 3.05) is 0 Å². The smallest absolute Gasteiger partial charge is 0.269 e. The summed E-state index contributed by atoms with van der Waals surface area (Å²) in [5.74, 6) is -0.572. The fourth-order valence-corrected chi connectivity index (χ4v) is 2.87. The number of hydrogen-bond donors (Lipinski definition) is 2. The number of benzene rings is 1. The lowest BCUT2D eigenvalue weighted by atomic mass is 9.89. The molecule has 1 saturated carbocycles. The average molecular weight is 315 g/mol. The first-order valence-electron chi connectivity index (χ1n) is 6.62. The molecule has 2 rings (SSSR count). The van der Waals surface area contributed by atoms with Crippen LogP contribution < -0.4 is 10.9 Å². The summed E-state index contributed by atoms with van der Waals surface area (Å²) in [6.45, 7) is 0. The molecule has 1 aliphatic rings. The number of carbonyl (C=O) groups excluding carboxylic acids is 2. The van der Waals surface area contributed by atoms with E-state index in [0.717, 1.165) is 25.7 Å². The van der Waals surface area contributed by atoms with Gasteiger partial charge in [-0.25, -0.2) is 0 Å². The van der Waals surface area contributed by atoms with Gasteiger partial charge >= 0.3 is 0 Å². The van der Waals surface area contributed by atoms with Gasteiger partial charge in [-0.1, -0.05) is 42.5 Å². The maximum absolute atomic E-state index is 11.9. The molecule has 0 aliphatic heterocycles. The molecule has 0 unspecified atom stereocenters. The van der Waals surface area contributed by atoms with Crippen molar-refractivity contribution in [2.24, 2.45) is 5.92 Å². The van der Waals surface area contributed by atoms with Crippen LogP contribution in [0.25, 0.3) is 0 Å². The van der Waals surface area contributed by atoms with E-state index in [2.05, 4.69) is 10.9 Å². The maximum Gasteiger partial charge on any atom is 0.269 e. The normalized spacial score (nSPS) is 15.7. The molecular formula is C14H16Cl2N2O2. The maximum atomic E-state index is 11.9. The molecule has 6 heteroatoms. The largest absolute Gasteiger partial charge is 0.273 e. The third-order valence-electron chi connectivity index (χ3n) is 3.40. The Morgan fingerprint density at radius 2 is 1.55 bits per heavy atom. The highest BCUT2D eigenvalue weighted by Gasteiger charge is 2.21. The molecule has 0 radical (unpaired) electrons. The average Bonchev–Trinajstić information content (AvgIpc) is 2.44. The Morgan fingerprint density at radius 1 is 0.950 bits per heavy atom. The van der Waals surface area contributed by atoms with E-state index in [9.17, 15) is 9.59 Å². The van der Waals surface area contributed by atoms with Crippen molar-refractivity contribution in [1.82, 2.24) is 10.9 Å². The first kappa shape index (κ1) is 15.1. The molecule has 0 bridgehead atoms. The summed E-state index contributed by atoms with van der Waals surface area (Å²) in [7, 11) is 0. The van der Waals surface area contributed by atoms with Crippen molar-refractivity contribution in [2.45, 2.75) is 32.1 Å². The van der Waals surface area contributed by atoms with Gasteiger partial charge in [0.1, 0.15) is 0 Å². The number of hydrogen-bond acceptors (Lipinski definition) is 2. The molecular weight excluding hydrogens is 299 g/mol. The van der Waals surface area contributed by atoms with Crippen molar-refractivity contribution < 1.29 is 9.59 Å². The Morgan fingerprint density at radius 3 is 2.15 bits per heavy atom. The summed E-state index contributed by atoms with van der Waals surface area (Å²) in [5, 5.41) is 0.752. The van der Waals surface area contributed by atoms with E-state index in [4.69, 9.17) is 23.2 Å². The SMILES string of the molecule is O=C(NNC(=O)C1CCCCC1)c1cc(Cl)cc(Cl)c1. The van der Waals surface area contributed by atoms with Crippen molar-refractivity contribution >= 4 is 35.0 Å². The van der Waals surface area contributed by atoms with E-state index in [0.29, 0.717) is 15.6 Å². The van der Waals surface area contributed by atoms with E-state index in [1.807, 2.05) is 0 Å². The van der Waals surface area contributed by atoms with Gasteiger partial charge in [-0.05, 0) is 31.0 Å². The first-order chi connectivity index (χ1) is 9.56. The highest BCUT2D eigenvalue weighted by molar-refractivity contribution is 6.35. The molecule has 0 spiro atoms.